The fraction of sp³-hybridized carbons (Fsp3) is 0.571. The number of benzene rings is 1. The van der Waals surface area contributed by atoms with Gasteiger partial charge in [-0.1, -0.05) is 23.2 Å². The van der Waals surface area contributed by atoms with Gasteiger partial charge in [0.2, 0.25) is 0 Å². The van der Waals surface area contributed by atoms with Gasteiger partial charge in [-0.05, 0) is 37.1 Å². The van der Waals surface area contributed by atoms with Gasteiger partial charge in [0.25, 0.3) is 0 Å². The molecular weight excluding hydrogens is 283 g/mol. The Morgan fingerprint density at radius 2 is 2.26 bits per heavy atom. The van der Waals surface area contributed by atoms with Crippen molar-refractivity contribution in [1.82, 2.24) is 4.90 Å². The molecule has 0 aromatic heterocycles. The van der Waals surface area contributed by atoms with Crippen LogP contribution in [0.5, 0.6) is 0 Å². The standard InChI is InChI=1S/C14H20Cl2N2O/c1-10-9-18(5-2-6-19-10)14(8-17)12-7-11(15)3-4-13(12)16/h3-4,7,10,14H,2,5-6,8-9,17H2,1H3. The van der Waals surface area contributed by atoms with Crippen molar-refractivity contribution in [1.29, 1.82) is 0 Å². The molecule has 0 bridgehead atoms. The molecule has 1 aliphatic rings. The molecule has 1 aliphatic heterocycles. The van der Waals surface area contributed by atoms with Crippen molar-refractivity contribution in [3.8, 4) is 0 Å². The van der Waals surface area contributed by atoms with Crippen molar-refractivity contribution in [2.24, 2.45) is 5.73 Å². The zero-order valence-electron chi connectivity index (χ0n) is 11.1. The quantitative estimate of drug-likeness (QED) is 0.932. The molecule has 2 unspecified atom stereocenters. The smallest absolute Gasteiger partial charge is 0.0674 e. The van der Waals surface area contributed by atoms with Crippen LogP contribution in [0.15, 0.2) is 18.2 Å². The second-order valence-corrected chi connectivity index (χ2v) is 5.79. The van der Waals surface area contributed by atoms with E-state index in [1.54, 1.807) is 6.07 Å². The molecule has 1 heterocycles. The van der Waals surface area contributed by atoms with Gasteiger partial charge in [0.05, 0.1) is 6.10 Å². The van der Waals surface area contributed by atoms with Gasteiger partial charge < -0.3 is 10.5 Å². The van der Waals surface area contributed by atoms with E-state index in [1.165, 1.54) is 0 Å². The van der Waals surface area contributed by atoms with Crippen molar-refractivity contribution in [3.05, 3.63) is 33.8 Å². The van der Waals surface area contributed by atoms with Gasteiger partial charge in [0, 0.05) is 42.3 Å². The number of halogens is 2. The number of hydrogen-bond donors (Lipinski definition) is 1. The normalized spacial score (nSPS) is 23.1. The molecule has 1 saturated heterocycles. The summed E-state index contributed by atoms with van der Waals surface area (Å²) in [7, 11) is 0. The van der Waals surface area contributed by atoms with Crippen LogP contribution in [-0.2, 0) is 4.74 Å². The minimum absolute atomic E-state index is 0.0929. The molecule has 3 nitrogen and oxygen atoms in total. The van der Waals surface area contributed by atoms with Crippen LogP contribution >= 0.6 is 23.2 Å². The summed E-state index contributed by atoms with van der Waals surface area (Å²) >= 11 is 12.4. The molecule has 1 aromatic rings. The zero-order chi connectivity index (χ0) is 13.8. The Hall–Kier alpha value is -0.320. The molecule has 106 valence electrons. The number of nitrogens with zero attached hydrogens (tertiary/aromatic N) is 1. The van der Waals surface area contributed by atoms with Crippen molar-refractivity contribution in [3.63, 3.8) is 0 Å². The molecule has 2 rings (SSSR count). The van der Waals surface area contributed by atoms with Gasteiger partial charge in [-0.2, -0.15) is 0 Å². The van der Waals surface area contributed by atoms with E-state index in [1.807, 2.05) is 12.1 Å². The third-order valence-electron chi connectivity index (χ3n) is 3.46. The first-order valence-electron chi connectivity index (χ1n) is 6.62. The van der Waals surface area contributed by atoms with Crippen LogP contribution in [0.2, 0.25) is 10.0 Å². The van der Waals surface area contributed by atoms with Crippen LogP contribution in [0.4, 0.5) is 0 Å². The molecule has 2 N–H and O–H groups in total. The highest BCUT2D eigenvalue weighted by molar-refractivity contribution is 6.33. The van der Waals surface area contributed by atoms with E-state index < -0.39 is 0 Å². The van der Waals surface area contributed by atoms with E-state index >= 15 is 0 Å². The molecule has 2 atom stereocenters. The first kappa shape index (κ1) is 15.1. The highest BCUT2D eigenvalue weighted by Gasteiger charge is 2.25. The second-order valence-electron chi connectivity index (χ2n) is 4.95. The van der Waals surface area contributed by atoms with Gasteiger partial charge in [0.15, 0.2) is 0 Å². The van der Waals surface area contributed by atoms with E-state index in [2.05, 4.69) is 11.8 Å². The van der Waals surface area contributed by atoms with E-state index in [4.69, 9.17) is 33.7 Å². The summed E-state index contributed by atoms with van der Waals surface area (Å²) in [6.07, 6.45) is 1.23. The van der Waals surface area contributed by atoms with Crippen LogP contribution < -0.4 is 5.73 Å². The minimum Gasteiger partial charge on any atom is -0.377 e. The average Bonchev–Trinajstić information content (AvgIpc) is 2.59. The van der Waals surface area contributed by atoms with Crippen LogP contribution in [0.1, 0.15) is 24.9 Å². The minimum atomic E-state index is 0.0929. The Bertz CT molecular complexity index is 428. The topological polar surface area (TPSA) is 38.5 Å². The summed E-state index contributed by atoms with van der Waals surface area (Å²) in [6.45, 7) is 5.25. The summed E-state index contributed by atoms with van der Waals surface area (Å²) in [5.74, 6) is 0. The first-order chi connectivity index (χ1) is 9.11. The molecule has 1 aromatic carbocycles. The van der Waals surface area contributed by atoms with E-state index in [0.717, 1.165) is 36.7 Å². The van der Waals surface area contributed by atoms with Gasteiger partial charge in [0.1, 0.15) is 0 Å². The van der Waals surface area contributed by atoms with Gasteiger partial charge in [-0.3, -0.25) is 4.90 Å². The number of hydrogen-bond acceptors (Lipinski definition) is 3. The molecule has 0 saturated carbocycles. The molecule has 0 radical (unpaired) electrons. The van der Waals surface area contributed by atoms with Crippen LogP contribution in [0.25, 0.3) is 0 Å². The predicted octanol–water partition coefficient (Wildman–Crippen LogP) is 3.10. The molecule has 19 heavy (non-hydrogen) atoms. The Balaban J connectivity index is 2.25. The third-order valence-corrected chi connectivity index (χ3v) is 4.04. The SMILES string of the molecule is CC1CN(C(CN)c2cc(Cl)ccc2Cl)CCCO1. The lowest BCUT2D eigenvalue weighted by atomic mass is 10.0. The lowest BCUT2D eigenvalue weighted by Crippen LogP contribution is -2.37. The molecule has 0 amide bonds. The maximum atomic E-state index is 6.29. The monoisotopic (exact) mass is 302 g/mol. The number of rotatable bonds is 3. The Morgan fingerprint density at radius 3 is 3.00 bits per heavy atom. The summed E-state index contributed by atoms with van der Waals surface area (Å²) < 4.78 is 5.68. The fourth-order valence-corrected chi connectivity index (χ4v) is 2.98. The Morgan fingerprint density at radius 1 is 1.47 bits per heavy atom. The molecular formula is C14H20Cl2N2O. The van der Waals surface area contributed by atoms with E-state index in [9.17, 15) is 0 Å². The van der Waals surface area contributed by atoms with Gasteiger partial charge in [-0.25, -0.2) is 0 Å². The zero-order valence-corrected chi connectivity index (χ0v) is 12.6. The summed E-state index contributed by atoms with van der Waals surface area (Å²) in [6, 6.07) is 5.64. The molecule has 0 aliphatic carbocycles. The van der Waals surface area contributed by atoms with E-state index in [0.29, 0.717) is 11.6 Å². The highest BCUT2D eigenvalue weighted by atomic mass is 35.5. The Labute approximate surface area is 124 Å². The van der Waals surface area contributed by atoms with Crippen LogP contribution in [0.3, 0.4) is 0 Å². The first-order valence-corrected chi connectivity index (χ1v) is 7.38. The number of ether oxygens (including phenoxy) is 1. The lowest BCUT2D eigenvalue weighted by Gasteiger charge is -2.31. The second kappa shape index (κ2) is 6.91. The maximum absolute atomic E-state index is 6.29. The molecule has 1 fully saturated rings. The van der Waals surface area contributed by atoms with E-state index in [-0.39, 0.29) is 12.1 Å². The highest BCUT2D eigenvalue weighted by Crippen LogP contribution is 2.30. The van der Waals surface area contributed by atoms with Crippen molar-refractivity contribution >= 4 is 23.2 Å². The largest absolute Gasteiger partial charge is 0.377 e. The predicted molar refractivity (Wildman–Crippen MR) is 79.9 cm³/mol. The number of nitrogens with two attached hydrogens (primary N) is 1. The maximum Gasteiger partial charge on any atom is 0.0674 e. The lowest BCUT2D eigenvalue weighted by molar-refractivity contribution is 0.0612. The van der Waals surface area contributed by atoms with Gasteiger partial charge >= 0.3 is 0 Å². The van der Waals surface area contributed by atoms with Crippen molar-refractivity contribution in [2.75, 3.05) is 26.2 Å². The van der Waals surface area contributed by atoms with Crippen LogP contribution in [-0.4, -0.2) is 37.2 Å². The summed E-state index contributed by atoms with van der Waals surface area (Å²) in [4.78, 5) is 2.34. The average molecular weight is 303 g/mol. The summed E-state index contributed by atoms with van der Waals surface area (Å²) in [5.41, 5.74) is 6.97. The summed E-state index contributed by atoms with van der Waals surface area (Å²) in [5, 5.41) is 1.41. The van der Waals surface area contributed by atoms with Crippen molar-refractivity contribution in [2.45, 2.75) is 25.5 Å². The third kappa shape index (κ3) is 3.83. The van der Waals surface area contributed by atoms with Crippen LogP contribution in [0, 0.1) is 0 Å². The Kier molecular flexibility index (Phi) is 5.48. The molecule has 0 spiro atoms. The fourth-order valence-electron chi connectivity index (χ4n) is 2.55. The molecule has 5 heteroatoms. The van der Waals surface area contributed by atoms with Crippen molar-refractivity contribution < 1.29 is 4.74 Å². The van der Waals surface area contributed by atoms with Gasteiger partial charge in [-0.15, -0.1) is 0 Å².